The Balaban J connectivity index is 1.68. The number of benzene rings is 2. The van der Waals surface area contributed by atoms with Crippen LogP contribution in [0.3, 0.4) is 0 Å². The molecular formula is C27H31ClN4O8. The monoisotopic (exact) mass is 574 g/mol. The molecule has 0 unspecified atom stereocenters. The molecule has 3 amide bonds. The number of rotatable bonds is 12. The Kier molecular flexibility index (Phi) is 10.6. The van der Waals surface area contributed by atoms with Crippen molar-refractivity contribution in [2.75, 3.05) is 34.0 Å². The van der Waals surface area contributed by atoms with Gasteiger partial charge < -0.3 is 34.3 Å². The zero-order valence-corrected chi connectivity index (χ0v) is 23.5. The normalized spacial score (nSPS) is 14.8. The summed E-state index contributed by atoms with van der Waals surface area (Å²) in [4.78, 5) is 37.0. The lowest BCUT2D eigenvalue weighted by Crippen LogP contribution is -2.45. The van der Waals surface area contributed by atoms with E-state index < -0.39 is 23.9 Å². The molecule has 1 atom stereocenters. The molecule has 0 bridgehead atoms. The number of allylic oxidation sites excluding steroid dienone is 1. The molecule has 0 spiro atoms. The molecule has 3 N–H and O–H groups in total. The molecule has 0 fully saturated rings. The molecule has 40 heavy (non-hydrogen) atoms. The number of halogens is 1. The number of carbonyl (C=O) groups excluding carboxylic acids is 3. The van der Waals surface area contributed by atoms with Crippen molar-refractivity contribution in [2.24, 2.45) is 5.10 Å². The van der Waals surface area contributed by atoms with Crippen LogP contribution in [-0.4, -0.2) is 58.2 Å². The molecule has 0 aliphatic carbocycles. The van der Waals surface area contributed by atoms with Crippen LogP contribution in [-0.2, 0) is 14.3 Å². The first-order valence-electron chi connectivity index (χ1n) is 12.3. The van der Waals surface area contributed by atoms with Gasteiger partial charge in [0.1, 0.15) is 0 Å². The van der Waals surface area contributed by atoms with E-state index in [1.54, 1.807) is 44.2 Å². The lowest BCUT2D eigenvalue weighted by Gasteiger charge is -2.28. The van der Waals surface area contributed by atoms with E-state index in [4.69, 9.17) is 35.3 Å². The highest BCUT2D eigenvalue weighted by Crippen LogP contribution is 2.36. The van der Waals surface area contributed by atoms with Crippen molar-refractivity contribution in [3.05, 3.63) is 57.8 Å². The van der Waals surface area contributed by atoms with Crippen LogP contribution in [0.4, 0.5) is 4.79 Å². The summed E-state index contributed by atoms with van der Waals surface area (Å²) in [6.45, 7) is 5.39. The molecule has 1 aliphatic rings. The third-order valence-electron chi connectivity index (χ3n) is 5.59. The van der Waals surface area contributed by atoms with E-state index in [0.717, 1.165) is 0 Å². The van der Waals surface area contributed by atoms with Gasteiger partial charge in [0.05, 0.1) is 50.3 Å². The molecule has 0 saturated carbocycles. The van der Waals surface area contributed by atoms with E-state index >= 15 is 0 Å². The van der Waals surface area contributed by atoms with Crippen LogP contribution >= 0.6 is 11.6 Å². The van der Waals surface area contributed by atoms with Crippen LogP contribution < -0.4 is 35.0 Å². The highest BCUT2D eigenvalue weighted by Gasteiger charge is 2.32. The topological polar surface area (TPSA) is 146 Å². The number of carbonyl (C=O) groups is 3. The molecule has 0 radical (unpaired) electrons. The van der Waals surface area contributed by atoms with E-state index in [0.29, 0.717) is 45.7 Å². The first kappa shape index (κ1) is 30.1. The number of ether oxygens (including phenoxy) is 5. The standard InChI is InChI=1S/C27H31ClN4O8/c1-6-38-25-18(28)10-16(11-21(25)37-5)13-29-32-22(33)14-40-19-9-8-17(12-20(19)36-4)24-23(26(34)39-7-2)15(3)30-27(35)31-24/h8-13,24H,6-7,14H2,1-5H3,(H,32,33)(H2,30,31,35)/b29-13-/t24-/m0/s1. The molecule has 0 aromatic heterocycles. The number of hydrogen-bond acceptors (Lipinski definition) is 9. The largest absolute Gasteiger partial charge is 0.493 e. The average molecular weight is 575 g/mol. The summed E-state index contributed by atoms with van der Waals surface area (Å²) in [6.07, 6.45) is 1.40. The average Bonchev–Trinajstić information content (AvgIpc) is 2.92. The first-order chi connectivity index (χ1) is 19.2. The molecule has 13 heteroatoms. The minimum Gasteiger partial charge on any atom is -0.493 e. The second-order valence-corrected chi connectivity index (χ2v) is 8.66. The van der Waals surface area contributed by atoms with Crippen molar-refractivity contribution < 1.29 is 38.1 Å². The Morgan fingerprint density at radius 1 is 1.05 bits per heavy atom. The zero-order chi connectivity index (χ0) is 29.2. The lowest BCUT2D eigenvalue weighted by molar-refractivity contribution is -0.139. The van der Waals surface area contributed by atoms with E-state index in [9.17, 15) is 14.4 Å². The van der Waals surface area contributed by atoms with Gasteiger partial charge in [-0.15, -0.1) is 0 Å². The van der Waals surface area contributed by atoms with Crippen molar-refractivity contribution in [1.29, 1.82) is 0 Å². The molecule has 1 aliphatic heterocycles. The summed E-state index contributed by atoms with van der Waals surface area (Å²) in [5.41, 5.74) is 4.16. The number of hydrogen-bond donors (Lipinski definition) is 3. The summed E-state index contributed by atoms with van der Waals surface area (Å²) in [7, 11) is 2.93. The van der Waals surface area contributed by atoms with Crippen LogP contribution in [0.2, 0.25) is 5.02 Å². The van der Waals surface area contributed by atoms with E-state index in [1.165, 1.54) is 20.4 Å². The van der Waals surface area contributed by atoms with Crippen LogP contribution in [0.1, 0.15) is 37.9 Å². The Labute approximate surface area is 236 Å². The van der Waals surface area contributed by atoms with Crippen molar-refractivity contribution in [3.8, 4) is 23.0 Å². The van der Waals surface area contributed by atoms with E-state index in [-0.39, 0.29) is 24.5 Å². The van der Waals surface area contributed by atoms with Crippen molar-refractivity contribution in [1.82, 2.24) is 16.1 Å². The molecule has 3 rings (SSSR count). The Morgan fingerprint density at radius 3 is 2.48 bits per heavy atom. The summed E-state index contributed by atoms with van der Waals surface area (Å²) in [5, 5.41) is 9.58. The van der Waals surface area contributed by atoms with E-state index in [1.807, 2.05) is 6.92 Å². The van der Waals surface area contributed by atoms with Gasteiger partial charge in [-0.1, -0.05) is 17.7 Å². The van der Waals surface area contributed by atoms with Crippen LogP contribution in [0, 0.1) is 0 Å². The highest BCUT2D eigenvalue weighted by atomic mass is 35.5. The number of nitrogens with zero attached hydrogens (tertiary/aromatic N) is 1. The Bertz CT molecular complexity index is 1330. The van der Waals surface area contributed by atoms with E-state index in [2.05, 4.69) is 21.2 Å². The second-order valence-electron chi connectivity index (χ2n) is 8.25. The molecule has 12 nitrogen and oxygen atoms in total. The number of urea groups is 1. The SMILES string of the molecule is CCOC(=O)C1=C(C)NC(=O)N[C@H]1c1ccc(OCC(=O)N/N=C\c2cc(Cl)c(OCC)c(OC)c2)c(OC)c1. The Hall–Kier alpha value is -4.45. The number of nitrogens with one attached hydrogen (secondary N) is 3. The molecule has 2 aromatic carbocycles. The quantitative estimate of drug-likeness (QED) is 0.198. The fourth-order valence-corrected chi connectivity index (χ4v) is 4.13. The second kappa shape index (κ2) is 14.1. The third-order valence-corrected chi connectivity index (χ3v) is 5.87. The molecule has 2 aromatic rings. The summed E-state index contributed by atoms with van der Waals surface area (Å²) in [5.74, 6) is 0.336. The van der Waals surface area contributed by atoms with Crippen molar-refractivity contribution in [2.45, 2.75) is 26.8 Å². The molecular weight excluding hydrogens is 544 g/mol. The van der Waals surface area contributed by atoms with Gasteiger partial charge in [-0.25, -0.2) is 15.0 Å². The highest BCUT2D eigenvalue weighted by molar-refractivity contribution is 6.32. The van der Waals surface area contributed by atoms with Crippen molar-refractivity contribution >= 4 is 35.7 Å². The van der Waals surface area contributed by atoms with Gasteiger partial charge >= 0.3 is 12.0 Å². The van der Waals surface area contributed by atoms with Crippen molar-refractivity contribution in [3.63, 3.8) is 0 Å². The van der Waals surface area contributed by atoms with Gasteiger partial charge in [-0.3, -0.25) is 4.79 Å². The maximum atomic E-state index is 12.6. The predicted octanol–water partition coefficient (Wildman–Crippen LogP) is 3.48. The van der Waals surface area contributed by atoms with Gasteiger partial charge in [-0.2, -0.15) is 5.10 Å². The zero-order valence-electron chi connectivity index (χ0n) is 22.8. The van der Waals surface area contributed by atoms with Crippen LogP contribution in [0.15, 0.2) is 46.7 Å². The minimum absolute atomic E-state index is 0.181. The third kappa shape index (κ3) is 7.35. The smallest absolute Gasteiger partial charge is 0.338 e. The molecule has 214 valence electrons. The number of esters is 1. The van der Waals surface area contributed by atoms with Crippen LogP contribution in [0.25, 0.3) is 0 Å². The molecule has 0 saturated heterocycles. The maximum Gasteiger partial charge on any atom is 0.338 e. The first-order valence-corrected chi connectivity index (χ1v) is 12.7. The summed E-state index contributed by atoms with van der Waals surface area (Å²) in [6, 6.07) is 6.90. The fourth-order valence-electron chi connectivity index (χ4n) is 3.86. The van der Waals surface area contributed by atoms with Crippen LogP contribution in [0.5, 0.6) is 23.0 Å². The Morgan fingerprint density at radius 2 is 1.80 bits per heavy atom. The fraction of sp³-hybridized carbons (Fsp3) is 0.333. The van der Waals surface area contributed by atoms with Gasteiger partial charge in [-0.05, 0) is 56.2 Å². The van der Waals surface area contributed by atoms with Gasteiger partial charge in [0.2, 0.25) is 0 Å². The number of hydrazone groups is 1. The summed E-state index contributed by atoms with van der Waals surface area (Å²) >= 11 is 6.26. The number of amides is 3. The summed E-state index contributed by atoms with van der Waals surface area (Å²) < 4.78 is 27.0. The number of methoxy groups -OCH3 is 2. The predicted molar refractivity (Wildman–Crippen MR) is 147 cm³/mol. The minimum atomic E-state index is -0.775. The molecule has 1 heterocycles. The van der Waals surface area contributed by atoms with Gasteiger partial charge in [0.15, 0.2) is 29.6 Å². The van der Waals surface area contributed by atoms with Gasteiger partial charge in [0.25, 0.3) is 5.91 Å². The van der Waals surface area contributed by atoms with Gasteiger partial charge in [0, 0.05) is 5.70 Å². The maximum absolute atomic E-state index is 12.6. The lowest BCUT2D eigenvalue weighted by atomic mass is 9.95.